The number of aromatic nitrogens is 3. The molecule has 0 aliphatic carbocycles. The minimum atomic E-state index is -4.61. The Morgan fingerprint density at radius 3 is 2.79 bits per heavy atom. The average Bonchev–Trinajstić information content (AvgIpc) is 3.25. The summed E-state index contributed by atoms with van der Waals surface area (Å²) in [7, 11) is 0. The Bertz CT molecular complexity index is 1220. The third-order valence-electron chi connectivity index (χ3n) is 6.37. The zero-order valence-corrected chi connectivity index (χ0v) is 19.9. The molecule has 2 aliphatic rings. The van der Waals surface area contributed by atoms with Gasteiger partial charge in [-0.2, -0.15) is 13.2 Å². The Hall–Kier alpha value is -2.66. The highest BCUT2D eigenvalue weighted by molar-refractivity contribution is 9.10. The van der Waals surface area contributed by atoms with E-state index < -0.39 is 11.7 Å². The number of rotatable bonds is 4. The lowest BCUT2D eigenvalue weighted by Crippen LogP contribution is -2.38. The molecule has 0 unspecified atom stereocenters. The molecule has 3 N–H and O–H groups in total. The second kappa shape index (κ2) is 9.18. The lowest BCUT2D eigenvalue weighted by Gasteiger charge is -2.27. The molecule has 180 valence electrons. The van der Waals surface area contributed by atoms with Crippen LogP contribution < -0.4 is 15.5 Å². The molecule has 1 amide bonds. The zero-order chi connectivity index (χ0) is 23.9. The highest BCUT2D eigenvalue weighted by Crippen LogP contribution is 2.42. The van der Waals surface area contributed by atoms with E-state index >= 15 is 0 Å². The van der Waals surface area contributed by atoms with Gasteiger partial charge in [0.2, 0.25) is 11.9 Å². The Balaban J connectivity index is 1.57. The molecule has 1 atom stereocenters. The van der Waals surface area contributed by atoms with Crippen molar-refractivity contribution in [3.05, 3.63) is 34.6 Å². The van der Waals surface area contributed by atoms with E-state index in [0.717, 1.165) is 38.4 Å². The zero-order valence-electron chi connectivity index (χ0n) is 18.3. The number of benzene rings is 1. The molecule has 0 bridgehead atoms. The van der Waals surface area contributed by atoms with Crippen molar-refractivity contribution in [2.75, 3.05) is 29.9 Å². The first-order valence-corrected chi connectivity index (χ1v) is 12.1. The number of hydrogen-bond donors (Lipinski definition) is 3. The quantitative estimate of drug-likeness (QED) is 0.432. The molecule has 0 spiro atoms. The molecule has 7 nitrogen and oxygen atoms in total. The fourth-order valence-corrected chi connectivity index (χ4v) is 5.31. The van der Waals surface area contributed by atoms with Gasteiger partial charge in [-0.25, -0.2) is 9.97 Å². The Kier molecular flexibility index (Phi) is 6.24. The van der Waals surface area contributed by atoms with Gasteiger partial charge in [-0.15, -0.1) is 0 Å². The molecule has 3 aromatic rings. The molecule has 0 radical (unpaired) electrons. The lowest BCUT2D eigenvalue weighted by molar-refractivity contribution is -0.137. The molecule has 4 heterocycles. The van der Waals surface area contributed by atoms with Crippen molar-refractivity contribution in [3.8, 4) is 11.3 Å². The first-order valence-electron chi connectivity index (χ1n) is 11.3. The van der Waals surface area contributed by atoms with Gasteiger partial charge >= 0.3 is 6.18 Å². The fraction of sp³-hybridized carbons (Fsp3) is 0.435. The summed E-state index contributed by atoms with van der Waals surface area (Å²) in [4.78, 5) is 25.5. The van der Waals surface area contributed by atoms with Crippen LogP contribution in [-0.4, -0.2) is 46.5 Å². The lowest BCUT2D eigenvalue weighted by atomic mass is 10.0. The standard InChI is InChI=1S/C23H24BrF3N6O/c24-19-17(33-9-2-1-5-18(33)34)7-6-14-15(11-29-21(14)19)20-16(23(25,26)27)12-30-22(32-20)31-13-4-3-8-28-10-13/h6-7,11-13,28-29H,1-5,8-10H2,(H,30,31,32)/t13-/m0/s1. The van der Waals surface area contributed by atoms with Crippen molar-refractivity contribution >= 4 is 44.4 Å². The summed E-state index contributed by atoms with van der Waals surface area (Å²) < 4.78 is 42.3. The summed E-state index contributed by atoms with van der Waals surface area (Å²) in [6.45, 7) is 2.25. The third-order valence-corrected chi connectivity index (χ3v) is 7.17. The number of hydrogen-bond acceptors (Lipinski definition) is 5. The van der Waals surface area contributed by atoms with Gasteiger partial charge < -0.3 is 20.5 Å². The second-order valence-electron chi connectivity index (χ2n) is 8.67. The molecule has 0 saturated carbocycles. The Labute approximate surface area is 202 Å². The van der Waals surface area contributed by atoms with Gasteiger partial charge in [-0.05, 0) is 60.3 Å². The van der Waals surface area contributed by atoms with Gasteiger partial charge in [-0.1, -0.05) is 0 Å². The minimum absolute atomic E-state index is 0.0427. The van der Waals surface area contributed by atoms with Gasteiger partial charge in [0.1, 0.15) is 5.56 Å². The van der Waals surface area contributed by atoms with E-state index in [2.05, 4.69) is 41.5 Å². The first kappa shape index (κ1) is 23.1. The number of carbonyl (C=O) groups excluding carboxylic acids is 1. The summed E-state index contributed by atoms with van der Waals surface area (Å²) in [5, 5.41) is 7.00. The molecule has 2 aromatic heterocycles. The second-order valence-corrected chi connectivity index (χ2v) is 9.46. The van der Waals surface area contributed by atoms with Crippen LogP contribution in [0, 0.1) is 0 Å². The van der Waals surface area contributed by atoms with Crippen molar-refractivity contribution in [2.45, 2.75) is 44.3 Å². The van der Waals surface area contributed by atoms with Gasteiger partial charge in [-0.3, -0.25) is 4.79 Å². The van der Waals surface area contributed by atoms with Crippen LogP contribution in [-0.2, 0) is 11.0 Å². The number of nitrogens with zero attached hydrogens (tertiary/aromatic N) is 3. The normalized spacial score (nSPS) is 19.6. The predicted octanol–water partition coefficient (Wildman–Crippen LogP) is 5.09. The largest absolute Gasteiger partial charge is 0.419 e. The number of amides is 1. The number of alkyl halides is 3. The molecule has 2 fully saturated rings. The summed E-state index contributed by atoms with van der Waals surface area (Å²) in [6.07, 6.45) is 1.89. The van der Waals surface area contributed by atoms with Crippen LogP contribution in [0.2, 0.25) is 0 Å². The van der Waals surface area contributed by atoms with Crippen LogP contribution in [0.4, 0.5) is 24.8 Å². The average molecular weight is 537 g/mol. The Morgan fingerprint density at radius 1 is 1.21 bits per heavy atom. The number of carbonyl (C=O) groups is 1. The van der Waals surface area contributed by atoms with Crippen molar-refractivity contribution in [1.29, 1.82) is 0 Å². The van der Waals surface area contributed by atoms with E-state index in [0.29, 0.717) is 46.1 Å². The molecule has 2 saturated heterocycles. The van der Waals surface area contributed by atoms with E-state index in [4.69, 9.17) is 0 Å². The number of anilines is 2. The van der Waals surface area contributed by atoms with Crippen molar-refractivity contribution in [2.24, 2.45) is 0 Å². The molecular weight excluding hydrogens is 513 g/mol. The SMILES string of the molecule is O=C1CCCCN1c1ccc2c(-c3nc(N[C@H]4CCCNC4)ncc3C(F)(F)F)c[nH]c2c1Br. The highest BCUT2D eigenvalue weighted by Gasteiger charge is 2.36. The topological polar surface area (TPSA) is 85.9 Å². The van der Waals surface area contributed by atoms with E-state index in [1.807, 2.05) is 0 Å². The third kappa shape index (κ3) is 4.38. The van der Waals surface area contributed by atoms with Crippen molar-refractivity contribution < 1.29 is 18.0 Å². The number of halogens is 4. The van der Waals surface area contributed by atoms with Crippen LogP contribution in [0.1, 0.15) is 37.7 Å². The van der Waals surface area contributed by atoms with Gasteiger partial charge in [0.15, 0.2) is 0 Å². The Morgan fingerprint density at radius 2 is 2.06 bits per heavy atom. The number of nitrogens with one attached hydrogen (secondary N) is 3. The monoisotopic (exact) mass is 536 g/mol. The van der Waals surface area contributed by atoms with Gasteiger partial charge in [0, 0.05) is 48.9 Å². The van der Waals surface area contributed by atoms with Crippen molar-refractivity contribution in [3.63, 3.8) is 0 Å². The van der Waals surface area contributed by atoms with Crippen LogP contribution in [0.5, 0.6) is 0 Å². The van der Waals surface area contributed by atoms with Crippen LogP contribution in [0.15, 0.2) is 29.0 Å². The number of H-pyrrole nitrogens is 1. The first-order chi connectivity index (χ1) is 16.3. The molecule has 5 rings (SSSR count). The highest BCUT2D eigenvalue weighted by atomic mass is 79.9. The maximum Gasteiger partial charge on any atom is 0.419 e. The maximum absolute atomic E-state index is 13.9. The number of piperidine rings is 2. The predicted molar refractivity (Wildman–Crippen MR) is 128 cm³/mol. The van der Waals surface area contributed by atoms with E-state index in [1.54, 1.807) is 17.0 Å². The molecule has 11 heteroatoms. The molecular formula is C23H24BrF3N6O. The van der Waals surface area contributed by atoms with Gasteiger partial charge in [0.05, 0.1) is 21.4 Å². The van der Waals surface area contributed by atoms with Gasteiger partial charge in [0.25, 0.3) is 0 Å². The smallest absolute Gasteiger partial charge is 0.360 e. The summed E-state index contributed by atoms with van der Waals surface area (Å²) in [5.41, 5.74) is 0.563. The summed E-state index contributed by atoms with van der Waals surface area (Å²) in [5.74, 6) is 0.210. The number of fused-ring (bicyclic) bond motifs is 1. The fourth-order valence-electron chi connectivity index (χ4n) is 4.64. The van der Waals surface area contributed by atoms with Crippen molar-refractivity contribution in [1.82, 2.24) is 20.3 Å². The maximum atomic E-state index is 13.9. The van der Waals surface area contributed by atoms with E-state index in [-0.39, 0.29) is 23.6 Å². The van der Waals surface area contributed by atoms with E-state index in [1.165, 1.54) is 6.20 Å². The van der Waals surface area contributed by atoms with Crippen LogP contribution in [0.25, 0.3) is 22.2 Å². The molecule has 34 heavy (non-hydrogen) atoms. The summed E-state index contributed by atoms with van der Waals surface area (Å²) in [6, 6.07) is 3.57. The summed E-state index contributed by atoms with van der Waals surface area (Å²) >= 11 is 3.57. The van der Waals surface area contributed by atoms with Crippen LogP contribution in [0.3, 0.4) is 0 Å². The molecule has 2 aliphatic heterocycles. The van der Waals surface area contributed by atoms with Crippen LogP contribution >= 0.6 is 15.9 Å². The van der Waals surface area contributed by atoms with E-state index in [9.17, 15) is 18.0 Å². The minimum Gasteiger partial charge on any atom is -0.360 e. The number of aromatic amines is 1. The molecule has 1 aromatic carbocycles.